The lowest BCUT2D eigenvalue weighted by Gasteiger charge is -2.21. The molecule has 19 heavy (non-hydrogen) atoms. The summed E-state index contributed by atoms with van der Waals surface area (Å²) in [7, 11) is 1.70. The van der Waals surface area contributed by atoms with Crippen molar-refractivity contribution in [3.63, 3.8) is 0 Å². The van der Waals surface area contributed by atoms with E-state index in [-0.39, 0.29) is 17.7 Å². The number of carbonyl (C=O) groups is 1. The molecule has 0 saturated heterocycles. The van der Waals surface area contributed by atoms with Crippen molar-refractivity contribution in [3.05, 3.63) is 11.8 Å². The van der Waals surface area contributed by atoms with E-state index in [0.29, 0.717) is 11.4 Å². The predicted molar refractivity (Wildman–Crippen MR) is 70.9 cm³/mol. The monoisotopic (exact) mass is 265 g/mol. The summed E-state index contributed by atoms with van der Waals surface area (Å²) in [5.41, 5.74) is 5.98. The first-order chi connectivity index (χ1) is 9.13. The van der Waals surface area contributed by atoms with Gasteiger partial charge in [-0.2, -0.15) is 5.10 Å². The minimum Gasteiger partial charge on any atom is -0.409 e. The van der Waals surface area contributed by atoms with Gasteiger partial charge >= 0.3 is 0 Å². The van der Waals surface area contributed by atoms with E-state index in [4.69, 9.17) is 10.9 Å². The van der Waals surface area contributed by atoms with Crippen LogP contribution in [-0.4, -0.2) is 26.7 Å². The Morgan fingerprint density at radius 3 is 2.84 bits per heavy atom. The summed E-state index contributed by atoms with van der Waals surface area (Å²) in [6.45, 7) is 0. The van der Waals surface area contributed by atoms with Gasteiger partial charge in [0.1, 0.15) is 5.82 Å². The van der Waals surface area contributed by atoms with Crippen LogP contribution in [-0.2, 0) is 11.8 Å². The molecule has 1 aliphatic carbocycles. The molecular formula is C12H19N5O2. The minimum atomic E-state index is -0.0629. The lowest BCUT2D eigenvalue weighted by molar-refractivity contribution is -0.120. The summed E-state index contributed by atoms with van der Waals surface area (Å²) >= 11 is 0. The third-order valence-electron chi connectivity index (χ3n) is 3.54. The molecule has 0 unspecified atom stereocenters. The third kappa shape index (κ3) is 2.86. The number of hydrogen-bond donors (Lipinski definition) is 3. The van der Waals surface area contributed by atoms with Crippen LogP contribution in [0.2, 0.25) is 0 Å². The second kappa shape index (κ2) is 5.73. The Bertz CT molecular complexity index is 488. The minimum absolute atomic E-state index is 0.0183. The second-order valence-corrected chi connectivity index (χ2v) is 4.84. The van der Waals surface area contributed by atoms with Gasteiger partial charge in [0, 0.05) is 13.0 Å². The average Bonchev–Trinajstić information content (AvgIpc) is 2.80. The number of aryl methyl sites for hydroxylation is 1. The van der Waals surface area contributed by atoms with Crippen LogP contribution in [0.5, 0.6) is 0 Å². The number of anilines is 1. The smallest absolute Gasteiger partial charge is 0.228 e. The van der Waals surface area contributed by atoms with E-state index in [2.05, 4.69) is 15.6 Å². The third-order valence-corrected chi connectivity index (χ3v) is 3.54. The fraction of sp³-hybridized carbons (Fsp3) is 0.583. The number of rotatable bonds is 3. The van der Waals surface area contributed by atoms with E-state index in [9.17, 15) is 4.79 Å². The van der Waals surface area contributed by atoms with Crippen molar-refractivity contribution in [2.24, 2.45) is 23.9 Å². The largest absolute Gasteiger partial charge is 0.409 e. The van der Waals surface area contributed by atoms with E-state index in [1.807, 2.05) is 0 Å². The van der Waals surface area contributed by atoms with Crippen molar-refractivity contribution in [3.8, 4) is 0 Å². The van der Waals surface area contributed by atoms with Crippen molar-refractivity contribution in [1.82, 2.24) is 9.78 Å². The maximum Gasteiger partial charge on any atom is 0.228 e. The van der Waals surface area contributed by atoms with Crippen LogP contribution in [0.3, 0.4) is 0 Å². The number of aromatic nitrogens is 2. The molecular weight excluding hydrogens is 246 g/mol. The van der Waals surface area contributed by atoms with Gasteiger partial charge in [-0.1, -0.05) is 24.4 Å². The molecule has 2 rings (SSSR count). The first-order valence-corrected chi connectivity index (χ1v) is 6.44. The zero-order valence-corrected chi connectivity index (χ0v) is 11.0. The van der Waals surface area contributed by atoms with E-state index >= 15 is 0 Å². The zero-order chi connectivity index (χ0) is 13.8. The van der Waals surface area contributed by atoms with Gasteiger partial charge in [0.15, 0.2) is 5.84 Å². The van der Waals surface area contributed by atoms with Crippen LogP contribution >= 0.6 is 0 Å². The first-order valence-electron chi connectivity index (χ1n) is 6.44. The number of nitrogens with one attached hydrogen (secondary N) is 1. The average molecular weight is 265 g/mol. The summed E-state index contributed by atoms with van der Waals surface area (Å²) in [5.74, 6) is 0.428. The number of nitrogens with zero attached hydrogens (tertiary/aromatic N) is 3. The number of nitrogens with two attached hydrogens (primary N) is 1. The zero-order valence-electron chi connectivity index (χ0n) is 11.0. The Balaban J connectivity index is 2.14. The standard InChI is InChI=1S/C12H19N5O2/c1-17-11(9(7-14-17)10(13)16-19)15-12(18)8-5-3-2-4-6-8/h7-8,19H,2-6H2,1H3,(H2,13,16)(H,15,18). The van der Waals surface area contributed by atoms with Crippen molar-refractivity contribution < 1.29 is 10.0 Å². The highest BCUT2D eigenvalue weighted by atomic mass is 16.4. The molecule has 0 bridgehead atoms. The Morgan fingerprint density at radius 1 is 1.53 bits per heavy atom. The molecule has 0 radical (unpaired) electrons. The molecule has 0 aromatic carbocycles. The Kier molecular flexibility index (Phi) is 4.03. The summed E-state index contributed by atoms with van der Waals surface area (Å²) in [6.07, 6.45) is 6.69. The van der Waals surface area contributed by atoms with Gasteiger partial charge < -0.3 is 16.3 Å². The van der Waals surface area contributed by atoms with Gasteiger partial charge in [0.05, 0.1) is 11.8 Å². The van der Waals surface area contributed by atoms with Crippen LogP contribution in [0.4, 0.5) is 5.82 Å². The Hall–Kier alpha value is -2.05. The lowest BCUT2D eigenvalue weighted by atomic mass is 9.88. The number of hydrogen-bond acceptors (Lipinski definition) is 4. The molecule has 1 aliphatic rings. The molecule has 0 atom stereocenters. The molecule has 7 nitrogen and oxygen atoms in total. The molecule has 104 valence electrons. The number of amides is 1. The van der Waals surface area contributed by atoms with Gasteiger partial charge in [-0.3, -0.25) is 9.48 Å². The Morgan fingerprint density at radius 2 is 2.21 bits per heavy atom. The van der Waals surface area contributed by atoms with Crippen LogP contribution in [0.25, 0.3) is 0 Å². The predicted octanol–water partition coefficient (Wildman–Crippen LogP) is 1.03. The summed E-state index contributed by atoms with van der Waals surface area (Å²) in [5, 5.41) is 18.5. The van der Waals surface area contributed by atoms with E-state index in [1.54, 1.807) is 7.05 Å². The van der Waals surface area contributed by atoms with E-state index < -0.39 is 0 Å². The maximum absolute atomic E-state index is 12.2. The molecule has 1 fully saturated rings. The fourth-order valence-electron chi connectivity index (χ4n) is 2.41. The Labute approximate surface area is 111 Å². The van der Waals surface area contributed by atoms with Crippen molar-refractivity contribution in [1.29, 1.82) is 0 Å². The fourth-order valence-corrected chi connectivity index (χ4v) is 2.41. The highest BCUT2D eigenvalue weighted by molar-refractivity contribution is 6.04. The lowest BCUT2D eigenvalue weighted by Crippen LogP contribution is -2.27. The molecule has 1 aromatic heterocycles. The first kappa shape index (κ1) is 13.4. The van der Waals surface area contributed by atoms with E-state index in [0.717, 1.165) is 25.7 Å². The van der Waals surface area contributed by atoms with Crippen LogP contribution in [0, 0.1) is 5.92 Å². The van der Waals surface area contributed by atoms with Gasteiger partial charge in [0.25, 0.3) is 0 Å². The SMILES string of the molecule is Cn1ncc(C(N)=NO)c1NC(=O)C1CCCCC1. The van der Waals surface area contributed by atoms with Crippen molar-refractivity contribution in [2.75, 3.05) is 5.32 Å². The molecule has 1 aromatic rings. The maximum atomic E-state index is 12.2. The summed E-state index contributed by atoms with van der Waals surface area (Å²) < 4.78 is 1.51. The highest BCUT2D eigenvalue weighted by Gasteiger charge is 2.23. The van der Waals surface area contributed by atoms with Gasteiger partial charge in [-0.05, 0) is 12.8 Å². The van der Waals surface area contributed by atoms with Crippen LogP contribution < -0.4 is 11.1 Å². The molecule has 4 N–H and O–H groups in total. The van der Waals surface area contributed by atoms with Crippen LogP contribution in [0.1, 0.15) is 37.7 Å². The molecule has 1 amide bonds. The van der Waals surface area contributed by atoms with Gasteiger partial charge in [-0.25, -0.2) is 0 Å². The molecule has 0 spiro atoms. The van der Waals surface area contributed by atoms with Crippen molar-refractivity contribution >= 4 is 17.6 Å². The molecule has 1 heterocycles. The van der Waals surface area contributed by atoms with Crippen molar-refractivity contribution in [2.45, 2.75) is 32.1 Å². The quantitative estimate of drug-likeness (QED) is 0.328. The summed E-state index contributed by atoms with van der Waals surface area (Å²) in [6, 6.07) is 0. The molecule has 7 heteroatoms. The molecule has 0 aliphatic heterocycles. The van der Waals surface area contributed by atoms with Gasteiger partial charge in [-0.15, -0.1) is 0 Å². The topological polar surface area (TPSA) is 106 Å². The highest BCUT2D eigenvalue weighted by Crippen LogP contribution is 2.25. The normalized spacial score (nSPS) is 17.4. The number of amidine groups is 1. The number of oxime groups is 1. The second-order valence-electron chi connectivity index (χ2n) is 4.84. The molecule has 1 saturated carbocycles. The summed E-state index contributed by atoms with van der Waals surface area (Å²) in [4.78, 5) is 12.2. The van der Waals surface area contributed by atoms with Crippen LogP contribution in [0.15, 0.2) is 11.4 Å². The van der Waals surface area contributed by atoms with E-state index in [1.165, 1.54) is 17.3 Å². The van der Waals surface area contributed by atoms with Gasteiger partial charge in [0.2, 0.25) is 5.91 Å². The number of carbonyl (C=O) groups excluding carboxylic acids is 1.